The van der Waals surface area contributed by atoms with Crippen molar-refractivity contribution in [1.29, 1.82) is 0 Å². The molecule has 1 fully saturated rings. The first kappa shape index (κ1) is 16.8. The summed E-state index contributed by atoms with van der Waals surface area (Å²) in [4.78, 5) is 18.9. The molecule has 1 aromatic heterocycles. The molecule has 1 saturated heterocycles. The standard InChI is InChI=1S/C18H21FN2O3/c1-18(2)11-21(9-15(24-18)10-23-3)17(22)13-6-12-7-14(19)4-5-16(12)20-8-13/h4-8,15H,9-11H2,1-3H3. The Morgan fingerprint density at radius 3 is 3.00 bits per heavy atom. The average Bonchev–Trinajstić information content (AvgIpc) is 2.52. The van der Waals surface area contributed by atoms with Crippen LogP contribution in [0, 0.1) is 5.82 Å². The van der Waals surface area contributed by atoms with Gasteiger partial charge in [0.2, 0.25) is 0 Å². The maximum Gasteiger partial charge on any atom is 0.255 e. The number of morpholine rings is 1. The highest BCUT2D eigenvalue weighted by molar-refractivity contribution is 5.97. The van der Waals surface area contributed by atoms with Crippen LogP contribution in [0.15, 0.2) is 30.5 Å². The van der Waals surface area contributed by atoms with E-state index in [1.807, 2.05) is 13.8 Å². The maximum absolute atomic E-state index is 13.4. The van der Waals surface area contributed by atoms with E-state index in [2.05, 4.69) is 4.98 Å². The second kappa shape index (κ2) is 6.45. The van der Waals surface area contributed by atoms with E-state index >= 15 is 0 Å². The summed E-state index contributed by atoms with van der Waals surface area (Å²) in [5.41, 5.74) is 0.655. The van der Waals surface area contributed by atoms with Gasteiger partial charge < -0.3 is 14.4 Å². The first-order valence-electron chi connectivity index (χ1n) is 7.89. The summed E-state index contributed by atoms with van der Waals surface area (Å²) in [5.74, 6) is -0.479. The van der Waals surface area contributed by atoms with Crippen molar-refractivity contribution in [2.24, 2.45) is 0 Å². The van der Waals surface area contributed by atoms with Gasteiger partial charge in [-0.15, -0.1) is 0 Å². The minimum atomic E-state index is -0.451. The third-order valence-electron chi connectivity index (χ3n) is 4.01. The number of nitrogens with zero attached hydrogens (tertiary/aromatic N) is 2. The fraction of sp³-hybridized carbons (Fsp3) is 0.444. The van der Waals surface area contributed by atoms with Gasteiger partial charge in [-0.1, -0.05) is 0 Å². The van der Waals surface area contributed by atoms with Crippen molar-refractivity contribution < 1.29 is 18.7 Å². The number of aromatic nitrogens is 1. The number of halogens is 1. The fourth-order valence-corrected chi connectivity index (χ4v) is 3.13. The summed E-state index contributed by atoms with van der Waals surface area (Å²) in [6, 6.07) is 6.03. The van der Waals surface area contributed by atoms with Crippen LogP contribution >= 0.6 is 0 Å². The Bertz CT molecular complexity index is 763. The number of benzene rings is 1. The van der Waals surface area contributed by atoms with Crippen LogP contribution in [-0.4, -0.2) is 54.3 Å². The molecule has 5 nitrogen and oxygen atoms in total. The van der Waals surface area contributed by atoms with Gasteiger partial charge >= 0.3 is 0 Å². The molecule has 6 heteroatoms. The molecule has 0 bridgehead atoms. The second-order valence-electron chi connectivity index (χ2n) is 6.70. The van der Waals surface area contributed by atoms with Crippen LogP contribution in [-0.2, 0) is 9.47 Å². The number of rotatable bonds is 3. The van der Waals surface area contributed by atoms with Crippen molar-refractivity contribution in [3.8, 4) is 0 Å². The van der Waals surface area contributed by atoms with Gasteiger partial charge in [0, 0.05) is 31.8 Å². The van der Waals surface area contributed by atoms with Crippen LogP contribution in [0.3, 0.4) is 0 Å². The Morgan fingerprint density at radius 2 is 2.25 bits per heavy atom. The summed E-state index contributed by atoms with van der Waals surface area (Å²) in [6.45, 7) is 5.26. The second-order valence-corrected chi connectivity index (χ2v) is 6.70. The van der Waals surface area contributed by atoms with E-state index in [0.29, 0.717) is 36.2 Å². The molecule has 24 heavy (non-hydrogen) atoms. The van der Waals surface area contributed by atoms with Crippen molar-refractivity contribution in [2.75, 3.05) is 26.8 Å². The smallest absolute Gasteiger partial charge is 0.255 e. The molecule has 2 aromatic rings. The third kappa shape index (κ3) is 3.55. The number of amides is 1. The zero-order chi connectivity index (χ0) is 17.3. The molecule has 1 aliphatic rings. The maximum atomic E-state index is 13.4. The van der Waals surface area contributed by atoms with Crippen LogP contribution in [0.25, 0.3) is 10.9 Å². The number of pyridine rings is 1. The largest absolute Gasteiger partial charge is 0.382 e. The molecular formula is C18H21FN2O3. The number of fused-ring (bicyclic) bond motifs is 1. The van der Waals surface area contributed by atoms with Crippen LogP contribution in [0.2, 0.25) is 0 Å². The molecule has 1 aromatic carbocycles. The summed E-state index contributed by atoms with van der Waals surface area (Å²) < 4.78 is 24.5. The Morgan fingerprint density at radius 1 is 1.46 bits per heavy atom. The minimum Gasteiger partial charge on any atom is -0.382 e. The van der Waals surface area contributed by atoms with Crippen LogP contribution < -0.4 is 0 Å². The van der Waals surface area contributed by atoms with Crippen molar-refractivity contribution in [3.05, 3.63) is 41.8 Å². The highest BCUT2D eigenvalue weighted by Crippen LogP contribution is 2.23. The molecule has 0 N–H and O–H groups in total. The van der Waals surface area contributed by atoms with E-state index < -0.39 is 5.60 Å². The van der Waals surface area contributed by atoms with Gasteiger partial charge in [-0.3, -0.25) is 9.78 Å². The van der Waals surface area contributed by atoms with Crippen LogP contribution in [0.5, 0.6) is 0 Å². The lowest BCUT2D eigenvalue weighted by atomic mass is 10.0. The number of methoxy groups -OCH3 is 1. The number of carbonyl (C=O) groups is 1. The van der Waals surface area contributed by atoms with E-state index in [1.54, 1.807) is 24.1 Å². The molecule has 0 radical (unpaired) electrons. The monoisotopic (exact) mass is 332 g/mol. The fourth-order valence-electron chi connectivity index (χ4n) is 3.13. The van der Waals surface area contributed by atoms with Crippen LogP contribution in [0.4, 0.5) is 4.39 Å². The Kier molecular flexibility index (Phi) is 4.51. The lowest BCUT2D eigenvalue weighted by Crippen LogP contribution is -2.55. The van der Waals surface area contributed by atoms with E-state index in [0.717, 1.165) is 0 Å². The Hall–Kier alpha value is -2.05. The number of hydrogen-bond acceptors (Lipinski definition) is 4. The molecule has 1 amide bonds. The third-order valence-corrected chi connectivity index (χ3v) is 4.01. The summed E-state index contributed by atoms with van der Waals surface area (Å²) >= 11 is 0. The highest BCUT2D eigenvalue weighted by Gasteiger charge is 2.36. The van der Waals surface area contributed by atoms with E-state index in [-0.39, 0.29) is 17.8 Å². The minimum absolute atomic E-state index is 0.133. The summed E-state index contributed by atoms with van der Waals surface area (Å²) in [6.07, 6.45) is 1.37. The van der Waals surface area contributed by atoms with E-state index in [1.165, 1.54) is 18.3 Å². The van der Waals surface area contributed by atoms with E-state index in [9.17, 15) is 9.18 Å². The van der Waals surface area contributed by atoms with Gasteiger partial charge in [0.05, 0.1) is 29.4 Å². The van der Waals surface area contributed by atoms with Crippen molar-refractivity contribution in [2.45, 2.75) is 25.6 Å². The van der Waals surface area contributed by atoms with Crippen LogP contribution in [0.1, 0.15) is 24.2 Å². The molecule has 0 aliphatic carbocycles. The lowest BCUT2D eigenvalue weighted by molar-refractivity contribution is -0.143. The summed E-state index contributed by atoms with van der Waals surface area (Å²) in [7, 11) is 1.61. The predicted molar refractivity (Wildman–Crippen MR) is 88.4 cm³/mol. The molecule has 1 aliphatic heterocycles. The molecule has 3 rings (SSSR count). The first-order valence-corrected chi connectivity index (χ1v) is 7.89. The Labute approximate surface area is 140 Å². The number of ether oxygens (including phenoxy) is 2. The molecule has 2 heterocycles. The van der Waals surface area contributed by atoms with Gasteiger partial charge in [0.1, 0.15) is 5.82 Å². The molecular weight excluding hydrogens is 311 g/mol. The van der Waals surface area contributed by atoms with E-state index in [4.69, 9.17) is 9.47 Å². The van der Waals surface area contributed by atoms with Crippen molar-refractivity contribution >= 4 is 16.8 Å². The van der Waals surface area contributed by atoms with Crippen molar-refractivity contribution in [1.82, 2.24) is 9.88 Å². The summed E-state index contributed by atoms with van der Waals surface area (Å²) in [5, 5.41) is 0.613. The molecule has 0 spiro atoms. The lowest BCUT2D eigenvalue weighted by Gasteiger charge is -2.42. The molecule has 128 valence electrons. The van der Waals surface area contributed by atoms with Gasteiger partial charge in [-0.2, -0.15) is 0 Å². The number of hydrogen-bond donors (Lipinski definition) is 0. The SMILES string of the molecule is COCC1CN(C(=O)c2cnc3ccc(F)cc3c2)CC(C)(C)O1. The molecule has 0 saturated carbocycles. The Balaban J connectivity index is 1.87. The zero-order valence-electron chi connectivity index (χ0n) is 14.1. The van der Waals surface area contributed by atoms with Gasteiger partial charge in [-0.05, 0) is 38.1 Å². The average molecular weight is 332 g/mol. The van der Waals surface area contributed by atoms with Crippen molar-refractivity contribution in [3.63, 3.8) is 0 Å². The van der Waals surface area contributed by atoms with Gasteiger partial charge in [0.15, 0.2) is 0 Å². The van der Waals surface area contributed by atoms with Gasteiger partial charge in [-0.25, -0.2) is 4.39 Å². The molecule has 1 unspecified atom stereocenters. The highest BCUT2D eigenvalue weighted by atomic mass is 19.1. The van der Waals surface area contributed by atoms with Gasteiger partial charge in [0.25, 0.3) is 5.91 Å². The first-order chi connectivity index (χ1) is 11.4. The molecule has 1 atom stereocenters. The number of carbonyl (C=O) groups excluding carboxylic acids is 1. The zero-order valence-corrected chi connectivity index (χ0v) is 14.1. The quantitative estimate of drug-likeness (QED) is 0.867. The normalized spacial score (nSPS) is 20.3. The topological polar surface area (TPSA) is 51.7 Å². The predicted octanol–water partition coefficient (Wildman–Crippen LogP) is 2.64.